The van der Waals surface area contributed by atoms with Crippen LogP contribution in [-0.2, 0) is 4.79 Å². The Balaban J connectivity index is 2.30. The summed E-state index contributed by atoms with van der Waals surface area (Å²) in [6.45, 7) is 8.07. The maximum Gasteiger partial charge on any atom is 0.223 e. The second-order valence-corrected chi connectivity index (χ2v) is 5.88. The van der Waals surface area contributed by atoms with Crippen molar-refractivity contribution in [1.29, 1.82) is 0 Å². The van der Waals surface area contributed by atoms with Gasteiger partial charge in [-0.15, -0.1) is 0 Å². The van der Waals surface area contributed by atoms with Gasteiger partial charge in [0.05, 0.1) is 0 Å². The Bertz CT molecular complexity index is 245. The summed E-state index contributed by atoms with van der Waals surface area (Å²) in [4.78, 5) is 13.8. The number of likely N-dealkylation sites (tertiary alicyclic amines) is 1. The summed E-state index contributed by atoms with van der Waals surface area (Å²) < 4.78 is 0. The number of rotatable bonds is 6. The van der Waals surface area contributed by atoms with Crippen LogP contribution in [0.25, 0.3) is 0 Å². The van der Waals surface area contributed by atoms with Gasteiger partial charge in [0.1, 0.15) is 0 Å². The number of carbonyl (C=O) groups is 1. The Hall–Kier alpha value is -0.610. The summed E-state index contributed by atoms with van der Waals surface area (Å²) in [6, 6.07) is 0. The number of hydrogen-bond donors (Lipinski definition) is 2. The summed E-state index contributed by atoms with van der Waals surface area (Å²) in [6.07, 6.45) is 4.37. The predicted molar refractivity (Wildman–Crippen MR) is 70.4 cm³/mol. The molecule has 0 radical (unpaired) electrons. The predicted octanol–water partition coefficient (Wildman–Crippen LogP) is 0.949. The molecule has 1 amide bonds. The number of nitrogens with zero attached hydrogens (tertiary/aromatic N) is 1. The number of piperidine rings is 1. The average Bonchev–Trinajstić information content (AvgIpc) is 2.27. The van der Waals surface area contributed by atoms with Gasteiger partial charge < -0.3 is 16.4 Å². The molecule has 0 spiro atoms. The molecule has 4 N–H and O–H groups in total. The smallest absolute Gasteiger partial charge is 0.223 e. The van der Waals surface area contributed by atoms with E-state index in [0.29, 0.717) is 5.92 Å². The molecule has 4 nitrogen and oxygen atoms in total. The third-order valence-electron chi connectivity index (χ3n) is 3.85. The average molecular weight is 241 g/mol. The molecule has 1 aliphatic rings. The van der Waals surface area contributed by atoms with Crippen molar-refractivity contribution in [2.24, 2.45) is 22.8 Å². The first-order valence-corrected chi connectivity index (χ1v) is 6.68. The molecule has 4 heteroatoms. The van der Waals surface area contributed by atoms with Crippen molar-refractivity contribution >= 4 is 5.91 Å². The summed E-state index contributed by atoms with van der Waals surface area (Å²) in [5.74, 6) is 0.467. The lowest BCUT2D eigenvalue weighted by atomic mass is 9.78. The number of nitrogens with two attached hydrogens (primary N) is 2. The molecular weight excluding hydrogens is 214 g/mol. The first-order valence-electron chi connectivity index (χ1n) is 6.68. The Morgan fingerprint density at radius 1 is 1.35 bits per heavy atom. The fourth-order valence-corrected chi connectivity index (χ4v) is 2.55. The molecule has 100 valence electrons. The Morgan fingerprint density at radius 2 is 1.94 bits per heavy atom. The highest BCUT2D eigenvalue weighted by molar-refractivity contribution is 5.79. The van der Waals surface area contributed by atoms with E-state index >= 15 is 0 Å². The molecule has 0 atom stereocenters. The van der Waals surface area contributed by atoms with Crippen LogP contribution < -0.4 is 11.5 Å². The summed E-state index contributed by atoms with van der Waals surface area (Å²) in [5, 5.41) is 0. The quantitative estimate of drug-likeness (QED) is 0.727. The van der Waals surface area contributed by atoms with Gasteiger partial charge in [-0.3, -0.25) is 4.79 Å². The first kappa shape index (κ1) is 14.5. The zero-order chi connectivity index (χ0) is 12.9. The molecule has 0 unspecified atom stereocenters. The highest BCUT2D eigenvalue weighted by Gasteiger charge is 2.30. The molecule has 1 fully saturated rings. The number of primary amides is 1. The van der Waals surface area contributed by atoms with E-state index in [1.165, 1.54) is 12.8 Å². The maximum absolute atomic E-state index is 11.3. The molecule has 17 heavy (non-hydrogen) atoms. The van der Waals surface area contributed by atoms with E-state index in [0.717, 1.165) is 39.0 Å². The fraction of sp³-hybridized carbons (Fsp3) is 0.923. The van der Waals surface area contributed by atoms with Crippen LogP contribution in [0.2, 0.25) is 0 Å². The van der Waals surface area contributed by atoms with Crippen LogP contribution in [0.4, 0.5) is 0 Å². The normalized spacial score (nSPS) is 19.5. The highest BCUT2D eigenvalue weighted by Crippen LogP contribution is 2.31. The number of amides is 1. The monoisotopic (exact) mass is 241 g/mol. The maximum atomic E-state index is 11.3. The van der Waals surface area contributed by atoms with Crippen molar-refractivity contribution < 1.29 is 4.79 Å². The van der Waals surface area contributed by atoms with Gasteiger partial charge in [-0.05, 0) is 57.8 Å². The van der Waals surface area contributed by atoms with Gasteiger partial charge in [-0.1, -0.05) is 13.8 Å². The van der Waals surface area contributed by atoms with E-state index in [2.05, 4.69) is 4.90 Å². The van der Waals surface area contributed by atoms with Crippen LogP contribution in [0.1, 0.15) is 39.5 Å². The Labute approximate surface area is 105 Å². The minimum Gasteiger partial charge on any atom is -0.369 e. The SMILES string of the molecule is CC(C)(CC1CCN(CCCN)CC1)C(N)=O. The lowest BCUT2D eigenvalue weighted by Gasteiger charge is -2.35. The van der Waals surface area contributed by atoms with Gasteiger partial charge in [0.2, 0.25) is 5.91 Å². The molecule has 0 aliphatic carbocycles. The second-order valence-electron chi connectivity index (χ2n) is 5.88. The summed E-state index contributed by atoms with van der Waals surface area (Å²) in [5.41, 5.74) is 10.6. The molecular formula is C13H27N3O. The van der Waals surface area contributed by atoms with Gasteiger partial charge in [0, 0.05) is 5.41 Å². The summed E-state index contributed by atoms with van der Waals surface area (Å²) in [7, 11) is 0. The van der Waals surface area contributed by atoms with Gasteiger partial charge in [0.25, 0.3) is 0 Å². The van der Waals surface area contributed by atoms with Crippen molar-refractivity contribution in [3.63, 3.8) is 0 Å². The standard InChI is InChI=1S/C13H27N3O/c1-13(2,12(15)17)10-11-4-8-16(9-5-11)7-3-6-14/h11H,3-10,14H2,1-2H3,(H2,15,17). The Morgan fingerprint density at radius 3 is 2.41 bits per heavy atom. The largest absolute Gasteiger partial charge is 0.369 e. The third kappa shape index (κ3) is 4.64. The van der Waals surface area contributed by atoms with Crippen LogP contribution in [0, 0.1) is 11.3 Å². The second kappa shape index (κ2) is 6.36. The number of hydrogen-bond acceptors (Lipinski definition) is 3. The number of carbonyl (C=O) groups excluding carboxylic acids is 1. The topological polar surface area (TPSA) is 72.3 Å². The van der Waals surface area contributed by atoms with Gasteiger partial charge in [0.15, 0.2) is 0 Å². The third-order valence-corrected chi connectivity index (χ3v) is 3.85. The lowest BCUT2D eigenvalue weighted by molar-refractivity contribution is -0.127. The molecule has 0 aromatic carbocycles. The molecule has 0 bridgehead atoms. The van der Waals surface area contributed by atoms with Crippen LogP contribution >= 0.6 is 0 Å². The van der Waals surface area contributed by atoms with Gasteiger partial charge in [-0.2, -0.15) is 0 Å². The highest BCUT2D eigenvalue weighted by atomic mass is 16.1. The molecule has 0 saturated carbocycles. The van der Waals surface area contributed by atoms with Crippen LogP contribution in [-0.4, -0.2) is 37.0 Å². The van der Waals surface area contributed by atoms with E-state index in [9.17, 15) is 4.79 Å². The van der Waals surface area contributed by atoms with E-state index in [4.69, 9.17) is 11.5 Å². The van der Waals surface area contributed by atoms with E-state index in [-0.39, 0.29) is 11.3 Å². The zero-order valence-corrected chi connectivity index (χ0v) is 11.2. The van der Waals surface area contributed by atoms with Crippen LogP contribution in [0.3, 0.4) is 0 Å². The fourth-order valence-electron chi connectivity index (χ4n) is 2.55. The molecule has 1 rings (SSSR count). The molecule has 0 aromatic heterocycles. The molecule has 1 heterocycles. The minimum atomic E-state index is -0.357. The first-order chi connectivity index (χ1) is 7.95. The lowest BCUT2D eigenvalue weighted by Crippen LogP contribution is -2.39. The van der Waals surface area contributed by atoms with Crippen molar-refractivity contribution in [3.8, 4) is 0 Å². The summed E-state index contributed by atoms with van der Waals surface area (Å²) >= 11 is 0. The Kier molecular flexibility index (Phi) is 5.40. The van der Waals surface area contributed by atoms with Crippen molar-refractivity contribution in [2.45, 2.75) is 39.5 Å². The van der Waals surface area contributed by atoms with E-state index in [1.807, 2.05) is 13.8 Å². The van der Waals surface area contributed by atoms with Crippen molar-refractivity contribution in [2.75, 3.05) is 26.2 Å². The molecule has 0 aromatic rings. The molecule has 1 saturated heterocycles. The zero-order valence-electron chi connectivity index (χ0n) is 11.2. The van der Waals surface area contributed by atoms with Crippen molar-refractivity contribution in [1.82, 2.24) is 4.90 Å². The van der Waals surface area contributed by atoms with E-state index in [1.54, 1.807) is 0 Å². The molecule has 1 aliphatic heterocycles. The van der Waals surface area contributed by atoms with Gasteiger partial charge >= 0.3 is 0 Å². The van der Waals surface area contributed by atoms with Crippen LogP contribution in [0.15, 0.2) is 0 Å². The van der Waals surface area contributed by atoms with Crippen molar-refractivity contribution in [3.05, 3.63) is 0 Å². The van der Waals surface area contributed by atoms with E-state index < -0.39 is 0 Å². The van der Waals surface area contributed by atoms with Gasteiger partial charge in [-0.25, -0.2) is 0 Å². The minimum absolute atomic E-state index is 0.178. The van der Waals surface area contributed by atoms with Crippen LogP contribution in [0.5, 0.6) is 0 Å².